The van der Waals surface area contributed by atoms with Crippen molar-refractivity contribution in [1.82, 2.24) is 4.98 Å². The molecule has 1 aliphatic rings. The van der Waals surface area contributed by atoms with Crippen molar-refractivity contribution >= 4 is 16.6 Å². The van der Waals surface area contributed by atoms with Crippen LogP contribution in [0.25, 0.3) is 10.9 Å². The summed E-state index contributed by atoms with van der Waals surface area (Å²) in [6, 6.07) is 23.6. The van der Waals surface area contributed by atoms with Crippen LogP contribution in [0.1, 0.15) is 25.6 Å². The number of fused-ring (bicyclic) bond motifs is 1. The summed E-state index contributed by atoms with van der Waals surface area (Å²) in [5.41, 5.74) is 3.62. The van der Waals surface area contributed by atoms with E-state index in [1.54, 1.807) is 0 Å². The minimum Gasteiger partial charge on any atom is -0.353 e. The zero-order valence-corrected chi connectivity index (χ0v) is 12.3. The lowest BCUT2D eigenvalue weighted by atomic mass is 10.1. The van der Waals surface area contributed by atoms with Crippen LogP contribution in [0.5, 0.6) is 0 Å². The van der Waals surface area contributed by atoms with Gasteiger partial charge >= 0.3 is 0 Å². The van der Waals surface area contributed by atoms with Gasteiger partial charge in [-0.15, -0.1) is 0 Å². The minimum absolute atomic E-state index is 0.122. The molecule has 1 aromatic heterocycles. The summed E-state index contributed by atoms with van der Waals surface area (Å²) in [4.78, 5) is 7.30. The van der Waals surface area contributed by atoms with Crippen LogP contribution < -0.4 is 4.90 Å². The van der Waals surface area contributed by atoms with Crippen LogP contribution in [0.2, 0.25) is 0 Å². The minimum atomic E-state index is 0.122. The topological polar surface area (TPSA) is 15.9 Å². The first-order valence-electron chi connectivity index (χ1n) is 7.38. The van der Waals surface area contributed by atoms with Crippen molar-refractivity contribution in [3.63, 3.8) is 0 Å². The lowest BCUT2D eigenvalue weighted by Crippen LogP contribution is -2.06. The second kappa shape index (κ2) is 4.32. The Balaban J connectivity index is 1.75. The zero-order chi connectivity index (χ0) is 14.4. The van der Waals surface area contributed by atoms with Crippen molar-refractivity contribution in [1.29, 1.82) is 0 Å². The zero-order valence-electron chi connectivity index (χ0n) is 12.3. The summed E-state index contributed by atoms with van der Waals surface area (Å²) >= 11 is 0. The van der Waals surface area contributed by atoms with Gasteiger partial charge in [0.25, 0.3) is 0 Å². The number of pyridine rings is 1. The molecule has 2 aromatic carbocycles. The molecule has 1 fully saturated rings. The monoisotopic (exact) mass is 274 g/mol. The van der Waals surface area contributed by atoms with Crippen molar-refractivity contribution < 1.29 is 0 Å². The molecule has 21 heavy (non-hydrogen) atoms. The Morgan fingerprint density at radius 1 is 0.857 bits per heavy atom. The largest absolute Gasteiger partial charge is 0.353 e. The first-order chi connectivity index (χ1) is 10.2. The highest BCUT2D eigenvalue weighted by molar-refractivity contribution is 5.79. The number of hydrogen-bond acceptors (Lipinski definition) is 2. The van der Waals surface area contributed by atoms with E-state index in [-0.39, 0.29) is 5.54 Å². The van der Waals surface area contributed by atoms with Gasteiger partial charge in [-0.05, 0) is 38.1 Å². The van der Waals surface area contributed by atoms with E-state index >= 15 is 0 Å². The van der Waals surface area contributed by atoms with E-state index in [4.69, 9.17) is 4.98 Å². The van der Waals surface area contributed by atoms with Crippen LogP contribution in [0, 0.1) is 0 Å². The van der Waals surface area contributed by atoms with Crippen LogP contribution in [-0.4, -0.2) is 10.5 Å². The average molecular weight is 274 g/mol. The Hall–Kier alpha value is -2.35. The Bertz CT molecular complexity index is 793. The third-order valence-electron chi connectivity index (χ3n) is 4.42. The number of anilines is 1. The van der Waals surface area contributed by atoms with E-state index in [2.05, 4.69) is 79.4 Å². The van der Waals surface area contributed by atoms with Crippen LogP contribution >= 0.6 is 0 Å². The Morgan fingerprint density at radius 3 is 2.38 bits per heavy atom. The number of aromatic nitrogens is 1. The molecule has 1 saturated heterocycles. The summed E-state index contributed by atoms with van der Waals surface area (Å²) < 4.78 is 0. The highest BCUT2D eigenvalue weighted by Gasteiger charge is 2.57. The Kier molecular flexibility index (Phi) is 2.55. The predicted molar refractivity (Wildman–Crippen MR) is 87.5 cm³/mol. The van der Waals surface area contributed by atoms with Crippen molar-refractivity contribution in [3.8, 4) is 0 Å². The average Bonchev–Trinajstić information content (AvgIpc) is 3.10. The van der Waals surface area contributed by atoms with Crippen LogP contribution in [-0.2, 0) is 0 Å². The lowest BCUT2D eigenvalue weighted by Gasteiger charge is -2.07. The second-order valence-electron chi connectivity index (χ2n) is 6.19. The molecule has 3 aromatic rings. The maximum absolute atomic E-state index is 4.87. The van der Waals surface area contributed by atoms with E-state index < -0.39 is 0 Å². The third kappa shape index (κ3) is 1.90. The molecule has 1 unspecified atom stereocenters. The van der Waals surface area contributed by atoms with E-state index in [1.807, 2.05) is 6.07 Å². The third-order valence-corrected chi connectivity index (χ3v) is 4.42. The highest BCUT2D eigenvalue weighted by atomic mass is 15.4. The molecule has 0 aliphatic carbocycles. The Labute approximate surface area is 125 Å². The van der Waals surface area contributed by atoms with Crippen molar-refractivity contribution in [2.24, 2.45) is 0 Å². The molecule has 1 atom stereocenters. The van der Waals surface area contributed by atoms with Crippen LogP contribution in [0.3, 0.4) is 0 Å². The number of hydrogen-bond donors (Lipinski definition) is 0. The number of para-hydroxylation sites is 2. The van der Waals surface area contributed by atoms with Gasteiger partial charge in [-0.2, -0.15) is 0 Å². The summed E-state index contributed by atoms with van der Waals surface area (Å²) in [6.45, 7) is 4.56. The molecule has 0 amide bonds. The van der Waals surface area contributed by atoms with Gasteiger partial charge in [0.1, 0.15) is 0 Å². The van der Waals surface area contributed by atoms with Crippen molar-refractivity contribution in [3.05, 3.63) is 72.4 Å². The second-order valence-corrected chi connectivity index (χ2v) is 6.19. The van der Waals surface area contributed by atoms with Gasteiger partial charge in [0, 0.05) is 11.1 Å². The first kappa shape index (κ1) is 12.4. The highest BCUT2D eigenvalue weighted by Crippen LogP contribution is 2.54. The molecular formula is C19H18N2. The van der Waals surface area contributed by atoms with E-state index in [9.17, 15) is 0 Å². The normalized spacial score (nSPS) is 19.7. The van der Waals surface area contributed by atoms with Crippen LogP contribution in [0.15, 0.2) is 66.7 Å². The predicted octanol–water partition coefficient (Wildman–Crippen LogP) is 4.57. The fourth-order valence-corrected chi connectivity index (χ4v) is 3.28. The van der Waals surface area contributed by atoms with Crippen molar-refractivity contribution in [2.75, 3.05) is 4.90 Å². The standard InChI is InChI=1S/C19H18N2/c1-19(2)18(21(19)15-9-4-3-5-10-15)17-13-12-14-8-6-7-11-16(14)20-17/h3-13,18H,1-2H3. The molecular weight excluding hydrogens is 256 g/mol. The van der Waals surface area contributed by atoms with Gasteiger partial charge in [-0.25, -0.2) is 0 Å². The van der Waals surface area contributed by atoms with Gasteiger partial charge < -0.3 is 4.90 Å². The molecule has 104 valence electrons. The number of nitrogens with zero attached hydrogens (tertiary/aromatic N) is 2. The van der Waals surface area contributed by atoms with E-state index in [0.717, 1.165) is 11.2 Å². The molecule has 0 saturated carbocycles. The molecule has 4 rings (SSSR count). The van der Waals surface area contributed by atoms with Gasteiger partial charge in [-0.1, -0.05) is 42.5 Å². The molecule has 0 radical (unpaired) electrons. The summed E-state index contributed by atoms with van der Waals surface area (Å²) in [5.74, 6) is 0. The quantitative estimate of drug-likeness (QED) is 0.636. The molecule has 2 heteroatoms. The van der Waals surface area contributed by atoms with E-state index in [1.165, 1.54) is 11.1 Å². The number of benzene rings is 2. The SMILES string of the molecule is CC1(C)C(c2ccc3ccccc3n2)N1c1ccccc1. The maximum atomic E-state index is 4.87. The van der Waals surface area contributed by atoms with E-state index in [0.29, 0.717) is 6.04 Å². The van der Waals surface area contributed by atoms with Gasteiger partial charge in [0.2, 0.25) is 0 Å². The molecule has 1 aliphatic heterocycles. The summed E-state index contributed by atoms with van der Waals surface area (Å²) in [6.07, 6.45) is 0. The van der Waals surface area contributed by atoms with Gasteiger partial charge in [0.15, 0.2) is 0 Å². The molecule has 0 spiro atoms. The first-order valence-corrected chi connectivity index (χ1v) is 7.38. The number of rotatable bonds is 2. The lowest BCUT2D eigenvalue weighted by molar-refractivity contribution is 0.759. The van der Waals surface area contributed by atoms with Gasteiger partial charge in [0.05, 0.1) is 22.8 Å². The molecule has 0 N–H and O–H groups in total. The molecule has 2 nitrogen and oxygen atoms in total. The summed E-state index contributed by atoms with van der Waals surface area (Å²) in [5, 5.41) is 1.20. The smallest absolute Gasteiger partial charge is 0.0946 e. The maximum Gasteiger partial charge on any atom is 0.0946 e. The van der Waals surface area contributed by atoms with Crippen LogP contribution in [0.4, 0.5) is 5.69 Å². The molecule has 0 bridgehead atoms. The fourth-order valence-electron chi connectivity index (χ4n) is 3.28. The summed E-state index contributed by atoms with van der Waals surface area (Å²) in [7, 11) is 0. The Morgan fingerprint density at radius 2 is 1.57 bits per heavy atom. The molecule has 2 heterocycles. The van der Waals surface area contributed by atoms with Gasteiger partial charge in [-0.3, -0.25) is 4.98 Å². The van der Waals surface area contributed by atoms with Crippen molar-refractivity contribution in [2.45, 2.75) is 25.4 Å². The fraction of sp³-hybridized carbons (Fsp3) is 0.211.